The zero-order chi connectivity index (χ0) is 19.2. The molecule has 0 atom stereocenters. The summed E-state index contributed by atoms with van der Waals surface area (Å²) >= 11 is 3.39. The van der Waals surface area contributed by atoms with Gasteiger partial charge in [-0.1, -0.05) is 45.8 Å². The molecular formula is C21H15BrFNO2S. The van der Waals surface area contributed by atoms with Crippen LogP contribution in [0.4, 0.5) is 4.39 Å². The number of nitrogens with zero attached hydrogens (tertiary/aromatic N) is 1. The minimum atomic E-state index is -3.81. The summed E-state index contributed by atoms with van der Waals surface area (Å²) in [6, 6.07) is 18.3. The van der Waals surface area contributed by atoms with Crippen molar-refractivity contribution in [3.05, 3.63) is 88.8 Å². The fourth-order valence-electron chi connectivity index (χ4n) is 3.05. The number of benzene rings is 3. The summed E-state index contributed by atoms with van der Waals surface area (Å²) in [7, 11) is -3.81. The minimum absolute atomic E-state index is 0.191. The molecule has 0 saturated carbocycles. The number of fused-ring (bicyclic) bond motifs is 1. The van der Waals surface area contributed by atoms with E-state index >= 15 is 0 Å². The van der Waals surface area contributed by atoms with Crippen molar-refractivity contribution >= 4 is 36.9 Å². The second kappa shape index (κ2) is 6.62. The predicted octanol–water partition coefficient (Wildman–Crippen LogP) is 5.76. The molecule has 0 unspecified atom stereocenters. The van der Waals surface area contributed by atoms with Crippen molar-refractivity contribution in [3.63, 3.8) is 0 Å². The Hall–Kier alpha value is -2.44. The summed E-state index contributed by atoms with van der Waals surface area (Å²) in [5.74, 6) is -0.411. The topological polar surface area (TPSA) is 39.1 Å². The van der Waals surface area contributed by atoms with E-state index in [1.165, 1.54) is 22.2 Å². The summed E-state index contributed by atoms with van der Waals surface area (Å²) in [4.78, 5) is 0.191. The molecule has 27 heavy (non-hydrogen) atoms. The van der Waals surface area contributed by atoms with Crippen LogP contribution >= 0.6 is 15.9 Å². The van der Waals surface area contributed by atoms with Crippen LogP contribution in [0.1, 0.15) is 5.56 Å². The van der Waals surface area contributed by atoms with Crippen molar-refractivity contribution < 1.29 is 12.8 Å². The maximum atomic E-state index is 13.9. The highest BCUT2D eigenvalue weighted by molar-refractivity contribution is 9.10. The zero-order valence-corrected chi connectivity index (χ0v) is 16.8. The normalized spacial score (nSPS) is 11.8. The summed E-state index contributed by atoms with van der Waals surface area (Å²) in [6.45, 7) is 1.90. The zero-order valence-electron chi connectivity index (χ0n) is 14.4. The summed E-state index contributed by atoms with van der Waals surface area (Å²) in [6.07, 6.45) is 1.56. The van der Waals surface area contributed by atoms with E-state index in [0.717, 1.165) is 15.6 Å². The van der Waals surface area contributed by atoms with E-state index in [-0.39, 0.29) is 4.90 Å². The van der Waals surface area contributed by atoms with Gasteiger partial charge in [0.1, 0.15) is 5.82 Å². The molecule has 3 nitrogen and oxygen atoms in total. The fourth-order valence-corrected chi connectivity index (χ4v) is 4.69. The molecular weight excluding hydrogens is 429 g/mol. The Balaban J connectivity index is 1.99. The number of aromatic nitrogens is 1. The number of hydrogen-bond acceptors (Lipinski definition) is 2. The number of halogens is 2. The van der Waals surface area contributed by atoms with Gasteiger partial charge in [-0.3, -0.25) is 0 Å². The van der Waals surface area contributed by atoms with Gasteiger partial charge in [-0.2, -0.15) is 0 Å². The Labute approximate surface area is 165 Å². The van der Waals surface area contributed by atoms with Gasteiger partial charge in [-0.25, -0.2) is 16.8 Å². The average Bonchev–Trinajstić information content (AvgIpc) is 3.02. The van der Waals surface area contributed by atoms with E-state index in [9.17, 15) is 12.8 Å². The van der Waals surface area contributed by atoms with Crippen molar-refractivity contribution in [3.8, 4) is 11.1 Å². The molecule has 6 heteroatoms. The third-order valence-electron chi connectivity index (χ3n) is 4.47. The molecule has 0 spiro atoms. The van der Waals surface area contributed by atoms with E-state index in [0.29, 0.717) is 16.5 Å². The van der Waals surface area contributed by atoms with Gasteiger partial charge in [-0.05, 0) is 55.0 Å². The van der Waals surface area contributed by atoms with Crippen LogP contribution in [0.2, 0.25) is 0 Å². The van der Waals surface area contributed by atoms with E-state index in [2.05, 4.69) is 15.9 Å². The highest BCUT2D eigenvalue weighted by Crippen LogP contribution is 2.34. The first-order valence-corrected chi connectivity index (χ1v) is 10.5. The van der Waals surface area contributed by atoms with Gasteiger partial charge in [0.15, 0.2) is 0 Å². The van der Waals surface area contributed by atoms with Gasteiger partial charge < -0.3 is 0 Å². The molecule has 0 fully saturated rings. The number of hydrogen-bond donors (Lipinski definition) is 0. The van der Waals surface area contributed by atoms with Crippen LogP contribution in [-0.2, 0) is 10.0 Å². The molecule has 0 aliphatic carbocycles. The molecule has 0 amide bonds. The highest BCUT2D eigenvalue weighted by Gasteiger charge is 2.22. The monoisotopic (exact) mass is 443 g/mol. The maximum absolute atomic E-state index is 13.9. The van der Waals surface area contributed by atoms with E-state index in [4.69, 9.17) is 0 Å². The van der Waals surface area contributed by atoms with Crippen LogP contribution in [0.15, 0.2) is 82.3 Å². The van der Waals surface area contributed by atoms with Crippen LogP contribution in [0.3, 0.4) is 0 Å². The van der Waals surface area contributed by atoms with Crippen molar-refractivity contribution in [1.82, 2.24) is 3.97 Å². The van der Waals surface area contributed by atoms with Crippen molar-refractivity contribution in [2.45, 2.75) is 11.8 Å². The Bertz CT molecular complexity index is 1240. The van der Waals surface area contributed by atoms with Crippen molar-refractivity contribution in [1.29, 1.82) is 0 Å². The quantitative estimate of drug-likeness (QED) is 0.403. The molecule has 0 saturated heterocycles. The maximum Gasteiger partial charge on any atom is 0.268 e. The lowest BCUT2D eigenvalue weighted by atomic mass is 10.1. The Morgan fingerprint density at radius 3 is 2.26 bits per heavy atom. The van der Waals surface area contributed by atoms with Crippen molar-refractivity contribution in [2.24, 2.45) is 0 Å². The lowest BCUT2D eigenvalue weighted by Crippen LogP contribution is -2.11. The van der Waals surface area contributed by atoms with Crippen LogP contribution in [0.5, 0.6) is 0 Å². The van der Waals surface area contributed by atoms with E-state index in [1.807, 2.05) is 31.2 Å². The molecule has 1 aromatic heterocycles. The molecule has 3 aromatic carbocycles. The van der Waals surface area contributed by atoms with Crippen LogP contribution < -0.4 is 0 Å². The van der Waals surface area contributed by atoms with Crippen LogP contribution in [0.25, 0.3) is 22.0 Å². The second-order valence-electron chi connectivity index (χ2n) is 6.33. The standard InChI is InChI=1S/C21H15BrFNO2S/c1-14-2-9-18(10-3-14)27(25,26)24-13-20(15-4-6-16(22)7-5-15)19-12-17(23)8-11-21(19)24/h2-13H,1H3. The van der Waals surface area contributed by atoms with E-state index < -0.39 is 15.8 Å². The largest absolute Gasteiger partial charge is 0.268 e. The molecule has 0 aliphatic heterocycles. The minimum Gasteiger partial charge on any atom is -0.241 e. The molecule has 0 N–H and O–H groups in total. The second-order valence-corrected chi connectivity index (χ2v) is 9.06. The molecule has 4 rings (SSSR count). The van der Waals surface area contributed by atoms with Gasteiger partial charge >= 0.3 is 0 Å². The third-order valence-corrected chi connectivity index (χ3v) is 6.68. The first-order valence-electron chi connectivity index (χ1n) is 8.25. The van der Waals surface area contributed by atoms with Gasteiger partial charge in [0.05, 0.1) is 10.4 Å². The molecule has 1 heterocycles. The Morgan fingerprint density at radius 2 is 1.59 bits per heavy atom. The fraction of sp³-hybridized carbons (Fsp3) is 0.0476. The molecule has 0 radical (unpaired) electrons. The molecule has 0 aliphatic rings. The lowest BCUT2D eigenvalue weighted by molar-refractivity contribution is 0.589. The molecule has 0 bridgehead atoms. The SMILES string of the molecule is Cc1ccc(S(=O)(=O)n2cc(-c3ccc(Br)cc3)c3cc(F)ccc32)cc1. The predicted molar refractivity (Wildman–Crippen MR) is 109 cm³/mol. The number of aryl methyl sites for hydroxylation is 1. The molecule has 136 valence electrons. The Kier molecular flexibility index (Phi) is 4.40. The summed E-state index contributed by atoms with van der Waals surface area (Å²) in [5, 5.41) is 0.549. The van der Waals surface area contributed by atoms with E-state index in [1.54, 1.807) is 30.5 Å². The van der Waals surface area contributed by atoms with Crippen LogP contribution in [-0.4, -0.2) is 12.4 Å². The Morgan fingerprint density at radius 1 is 0.926 bits per heavy atom. The lowest BCUT2D eigenvalue weighted by Gasteiger charge is -2.07. The van der Waals surface area contributed by atoms with Crippen LogP contribution in [0, 0.1) is 12.7 Å². The molecule has 4 aromatic rings. The first-order chi connectivity index (χ1) is 12.9. The number of rotatable bonds is 3. The smallest absolute Gasteiger partial charge is 0.241 e. The van der Waals surface area contributed by atoms with Crippen molar-refractivity contribution in [2.75, 3.05) is 0 Å². The third kappa shape index (κ3) is 3.19. The van der Waals surface area contributed by atoms with Gasteiger partial charge in [-0.15, -0.1) is 0 Å². The summed E-state index contributed by atoms with van der Waals surface area (Å²) in [5.41, 5.74) is 2.89. The van der Waals surface area contributed by atoms with Gasteiger partial charge in [0.2, 0.25) is 0 Å². The van der Waals surface area contributed by atoms with Gasteiger partial charge in [0, 0.05) is 21.6 Å². The first kappa shape index (κ1) is 17.9. The van der Waals surface area contributed by atoms with Gasteiger partial charge in [0.25, 0.3) is 10.0 Å². The summed E-state index contributed by atoms with van der Waals surface area (Å²) < 4.78 is 42.4. The highest BCUT2D eigenvalue weighted by atomic mass is 79.9. The average molecular weight is 444 g/mol.